The van der Waals surface area contributed by atoms with Gasteiger partial charge in [-0.2, -0.15) is 5.10 Å². The molecule has 6 heteroatoms. The van der Waals surface area contributed by atoms with Crippen LogP contribution in [0.5, 0.6) is 11.5 Å². The van der Waals surface area contributed by atoms with Crippen LogP contribution < -0.4 is 9.47 Å². The Labute approximate surface area is 120 Å². The van der Waals surface area contributed by atoms with Crippen molar-refractivity contribution in [3.63, 3.8) is 0 Å². The third-order valence-electron chi connectivity index (χ3n) is 2.97. The van der Waals surface area contributed by atoms with Crippen molar-refractivity contribution in [3.8, 4) is 22.8 Å². The Balaban J connectivity index is 2.14. The molecule has 2 aromatic heterocycles. The molecule has 20 heavy (non-hydrogen) atoms. The van der Waals surface area contributed by atoms with Crippen LogP contribution in [0.3, 0.4) is 0 Å². The van der Waals surface area contributed by atoms with Gasteiger partial charge < -0.3 is 9.47 Å². The summed E-state index contributed by atoms with van der Waals surface area (Å²) in [6.45, 7) is 0. The summed E-state index contributed by atoms with van der Waals surface area (Å²) in [7, 11) is 3.23. The number of nitrogens with zero attached hydrogens (tertiary/aromatic N) is 3. The van der Waals surface area contributed by atoms with Gasteiger partial charge in [-0.15, -0.1) is 0 Å². The van der Waals surface area contributed by atoms with Gasteiger partial charge in [0.15, 0.2) is 5.65 Å². The van der Waals surface area contributed by atoms with Crippen LogP contribution in [0.4, 0.5) is 0 Å². The predicted octanol–water partition coefficient (Wildman–Crippen LogP) is 3.07. The first-order chi connectivity index (χ1) is 9.71. The van der Waals surface area contributed by atoms with E-state index in [1.54, 1.807) is 24.8 Å². The first-order valence-electron chi connectivity index (χ1n) is 5.95. The van der Waals surface area contributed by atoms with Crippen molar-refractivity contribution in [2.75, 3.05) is 14.2 Å². The summed E-state index contributed by atoms with van der Waals surface area (Å²) in [5.41, 5.74) is 2.36. The number of hydrogen-bond donors (Lipinski definition) is 0. The van der Waals surface area contributed by atoms with Crippen molar-refractivity contribution in [2.24, 2.45) is 0 Å². The van der Waals surface area contributed by atoms with Crippen LogP contribution in [0.2, 0.25) is 5.15 Å². The van der Waals surface area contributed by atoms with Gasteiger partial charge in [-0.1, -0.05) is 11.6 Å². The third kappa shape index (κ3) is 2.16. The highest BCUT2D eigenvalue weighted by atomic mass is 35.5. The minimum atomic E-state index is 0.420. The van der Waals surface area contributed by atoms with Crippen LogP contribution in [-0.4, -0.2) is 28.8 Å². The molecule has 0 unspecified atom stereocenters. The molecular formula is C14H12ClN3O2. The van der Waals surface area contributed by atoms with Crippen LogP contribution >= 0.6 is 11.6 Å². The van der Waals surface area contributed by atoms with Crippen molar-refractivity contribution in [1.82, 2.24) is 14.6 Å². The standard InChI is InChI=1S/C14H12ClN3O2/c1-19-9-3-4-10(12(7-9)20-2)11-8-18-14(16-11)6-5-13(15)17-18/h3-8H,1-2H3. The molecule has 0 N–H and O–H groups in total. The predicted molar refractivity (Wildman–Crippen MR) is 76.5 cm³/mol. The van der Waals surface area contributed by atoms with E-state index in [9.17, 15) is 0 Å². The Kier molecular flexibility index (Phi) is 3.20. The normalized spacial score (nSPS) is 10.8. The molecule has 0 atom stereocenters. The van der Waals surface area contributed by atoms with E-state index < -0.39 is 0 Å². The molecule has 0 amide bonds. The van der Waals surface area contributed by atoms with Gasteiger partial charge in [-0.05, 0) is 24.3 Å². The Morgan fingerprint density at radius 1 is 1.10 bits per heavy atom. The first-order valence-corrected chi connectivity index (χ1v) is 6.33. The fourth-order valence-corrected chi connectivity index (χ4v) is 2.14. The van der Waals surface area contributed by atoms with Crippen LogP contribution in [-0.2, 0) is 0 Å². The summed E-state index contributed by atoms with van der Waals surface area (Å²) in [4.78, 5) is 4.51. The molecule has 0 fully saturated rings. The van der Waals surface area contributed by atoms with E-state index in [2.05, 4.69) is 10.1 Å². The third-order valence-corrected chi connectivity index (χ3v) is 3.17. The number of methoxy groups -OCH3 is 2. The lowest BCUT2D eigenvalue weighted by Crippen LogP contribution is -1.90. The second kappa shape index (κ2) is 5.02. The maximum absolute atomic E-state index is 5.87. The molecule has 3 rings (SSSR count). The number of benzene rings is 1. The zero-order valence-electron chi connectivity index (χ0n) is 11.0. The number of rotatable bonds is 3. The molecule has 2 heterocycles. The summed E-state index contributed by atoms with van der Waals surface area (Å²) in [6, 6.07) is 9.11. The smallest absolute Gasteiger partial charge is 0.154 e. The Morgan fingerprint density at radius 3 is 2.70 bits per heavy atom. The Morgan fingerprint density at radius 2 is 1.95 bits per heavy atom. The topological polar surface area (TPSA) is 48.7 Å². The number of aromatic nitrogens is 3. The molecule has 0 bridgehead atoms. The molecule has 3 aromatic rings. The number of hydrogen-bond acceptors (Lipinski definition) is 4. The highest BCUT2D eigenvalue weighted by Crippen LogP contribution is 2.32. The average Bonchev–Trinajstić information content (AvgIpc) is 2.89. The first kappa shape index (κ1) is 12.7. The Bertz CT molecular complexity index is 770. The SMILES string of the molecule is COc1ccc(-c2cn3nc(Cl)ccc3n2)c(OC)c1. The fourth-order valence-electron chi connectivity index (χ4n) is 2.00. The maximum atomic E-state index is 5.87. The van der Waals surface area contributed by atoms with Crippen molar-refractivity contribution in [3.05, 3.63) is 41.7 Å². The second-order valence-electron chi connectivity index (χ2n) is 4.15. The molecule has 102 valence electrons. The van der Waals surface area contributed by atoms with Gasteiger partial charge in [-0.25, -0.2) is 9.50 Å². The van der Waals surface area contributed by atoms with Crippen molar-refractivity contribution >= 4 is 17.2 Å². The summed E-state index contributed by atoms with van der Waals surface area (Å²) >= 11 is 5.87. The lowest BCUT2D eigenvalue weighted by molar-refractivity contribution is 0.395. The van der Waals surface area contributed by atoms with Gasteiger partial charge in [-0.3, -0.25) is 0 Å². The summed E-state index contributed by atoms with van der Waals surface area (Å²) < 4.78 is 12.2. The van der Waals surface area contributed by atoms with Crippen molar-refractivity contribution < 1.29 is 9.47 Å². The molecule has 0 aliphatic heterocycles. The molecule has 1 aromatic carbocycles. The van der Waals surface area contributed by atoms with E-state index in [-0.39, 0.29) is 0 Å². The average molecular weight is 290 g/mol. The number of fused-ring (bicyclic) bond motifs is 1. The molecule has 0 spiro atoms. The maximum Gasteiger partial charge on any atom is 0.154 e. The fraction of sp³-hybridized carbons (Fsp3) is 0.143. The molecule has 5 nitrogen and oxygen atoms in total. The molecule has 0 aliphatic carbocycles. The molecule has 0 radical (unpaired) electrons. The second-order valence-corrected chi connectivity index (χ2v) is 4.54. The van der Waals surface area contributed by atoms with Crippen LogP contribution in [0, 0.1) is 0 Å². The Hall–Kier alpha value is -2.27. The van der Waals surface area contributed by atoms with E-state index in [1.807, 2.05) is 30.5 Å². The van der Waals surface area contributed by atoms with Gasteiger partial charge in [0, 0.05) is 11.6 Å². The molecule has 0 saturated carbocycles. The van der Waals surface area contributed by atoms with Gasteiger partial charge >= 0.3 is 0 Å². The van der Waals surface area contributed by atoms with Gasteiger partial charge in [0.2, 0.25) is 0 Å². The van der Waals surface area contributed by atoms with Gasteiger partial charge in [0.05, 0.1) is 26.1 Å². The van der Waals surface area contributed by atoms with Crippen LogP contribution in [0.15, 0.2) is 36.5 Å². The van der Waals surface area contributed by atoms with Crippen molar-refractivity contribution in [2.45, 2.75) is 0 Å². The minimum absolute atomic E-state index is 0.420. The number of ether oxygens (including phenoxy) is 2. The molecule has 0 saturated heterocycles. The van der Waals surface area contributed by atoms with E-state index in [0.717, 1.165) is 22.7 Å². The molecular weight excluding hydrogens is 278 g/mol. The minimum Gasteiger partial charge on any atom is -0.497 e. The van der Waals surface area contributed by atoms with Crippen LogP contribution in [0.25, 0.3) is 16.9 Å². The van der Waals surface area contributed by atoms with E-state index >= 15 is 0 Å². The number of imidazole rings is 1. The highest BCUT2D eigenvalue weighted by molar-refractivity contribution is 6.29. The summed E-state index contributed by atoms with van der Waals surface area (Å²) in [5, 5.41) is 4.58. The van der Waals surface area contributed by atoms with Gasteiger partial charge in [0.1, 0.15) is 16.7 Å². The monoisotopic (exact) mass is 289 g/mol. The highest BCUT2D eigenvalue weighted by Gasteiger charge is 2.11. The quantitative estimate of drug-likeness (QED) is 0.743. The van der Waals surface area contributed by atoms with Crippen LogP contribution in [0.1, 0.15) is 0 Å². The zero-order valence-corrected chi connectivity index (χ0v) is 11.8. The summed E-state index contributed by atoms with van der Waals surface area (Å²) in [5.74, 6) is 1.43. The van der Waals surface area contributed by atoms with E-state index in [4.69, 9.17) is 21.1 Å². The zero-order chi connectivity index (χ0) is 14.1. The summed E-state index contributed by atoms with van der Waals surface area (Å²) in [6.07, 6.45) is 1.81. The lowest BCUT2D eigenvalue weighted by atomic mass is 10.1. The number of halogens is 1. The van der Waals surface area contributed by atoms with Crippen molar-refractivity contribution in [1.29, 1.82) is 0 Å². The largest absolute Gasteiger partial charge is 0.497 e. The lowest BCUT2D eigenvalue weighted by Gasteiger charge is -2.08. The van der Waals surface area contributed by atoms with E-state index in [0.29, 0.717) is 10.9 Å². The van der Waals surface area contributed by atoms with E-state index in [1.165, 1.54) is 0 Å². The van der Waals surface area contributed by atoms with Gasteiger partial charge in [0.25, 0.3) is 0 Å². The molecule has 0 aliphatic rings.